The lowest BCUT2D eigenvalue weighted by Crippen LogP contribution is -2.60. The van der Waals surface area contributed by atoms with Gasteiger partial charge in [0, 0.05) is 0 Å². The van der Waals surface area contributed by atoms with Gasteiger partial charge in [-0.1, -0.05) is 24.3 Å². The minimum Gasteiger partial charge on any atom is -0.508 e. The fourth-order valence-corrected chi connectivity index (χ4v) is 2.84. The van der Waals surface area contributed by atoms with Crippen molar-refractivity contribution in [3.8, 4) is 11.5 Å². The molecule has 1 aliphatic rings. The molecule has 1 saturated heterocycles. The normalized spacial score (nSPS) is 27.5. The molecule has 0 spiro atoms. The molecule has 1 aliphatic heterocycles. The molecule has 1 fully saturated rings. The van der Waals surface area contributed by atoms with Gasteiger partial charge in [0.05, 0.1) is 19.8 Å². The van der Waals surface area contributed by atoms with Crippen LogP contribution in [0.15, 0.2) is 48.5 Å². The first-order chi connectivity index (χ1) is 13.5. The van der Waals surface area contributed by atoms with E-state index >= 15 is 0 Å². The van der Waals surface area contributed by atoms with E-state index in [0.29, 0.717) is 19.0 Å². The molecule has 3 rings (SSSR count). The maximum atomic E-state index is 10.0. The molecule has 0 saturated carbocycles. The van der Waals surface area contributed by atoms with Gasteiger partial charge in [-0.15, -0.1) is 0 Å². The van der Waals surface area contributed by atoms with Crippen LogP contribution in [-0.2, 0) is 22.7 Å². The second-order valence-electron chi connectivity index (χ2n) is 6.62. The largest absolute Gasteiger partial charge is 0.508 e. The van der Waals surface area contributed by atoms with Gasteiger partial charge >= 0.3 is 0 Å². The van der Waals surface area contributed by atoms with E-state index in [-0.39, 0.29) is 5.75 Å². The van der Waals surface area contributed by atoms with Gasteiger partial charge in [0.25, 0.3) is 0 Å². The average Bonchev–Trinajstić information content (AvgIpc) is 2.71. The highest BCUT2D eigenvalue weighted by molar-refractivity contribution is 5.27. The quantitative estimate of drug-likeness (QED) is 0.455. The van der Waals surface area contributed by atoms with Gasteiger partial charge in [0.2, 0.25) is 6.29 Å². The predicted molar refractivity (Wildman–Crippen MR) is 97.4 cm³/mol. The van der Waals surface area contributed by atoms with Crippen molar-refractivity contribution in [1.29, 1.82) is 0 Å². The Morgan fingerprint density at radius 1 is 0.786 bits per heavy atom. The molecular formula is C20H24O8. The summed E-state index contributed by atoms with van der Waals surface area (Å²) in [7, 11) is 0. The zero-order valence-corrected chi connectivity index (χ0v) is 15.1. The Morgan fingerprint density at radius 2 is 1.36 bits per heavy atom. The number of phenols is 1. The highest BCUT2D eigenvalue weighted by atomic mass is 16.7. The Labute approximate surface area is 162 Å². The molecule has 5 N–H and O–H groups in total. The molecule has 0 bridgehead atoms. The summed E-state index contributed by atoms with van der Waals surface area (Å²) in [5, 5.41) is 48.0. The molecule has 1 heterocycles. The third-order valence-corrected chi connectivity index (χ3v) is 4.50. The Bertz CT molecular complexity index is 731. The lowest BCUT2D eigenvalue weighted by Gasteiger charge is -2.39. The fraction of sp³-hybridized carbons (Fsp3) is 0.400. The highest BCUT2D eigenvalue weighted by Crippen LogP contribution is 2.24. The van der Waals surface area contributed by atoms with Crippen molar-refractivity contribution < 1.29 is 39.7 Å². The molecule has 0 amide bonds. The van der Waals surface area contributed by atoms with Crippen LogP contribution in [0.5, 0.6) is 11.5 Å². The van der Waals surface area contributed by atoms with Crippen molar-refractivity contribution in [2.75, 3.05) is 6.61 Å². The van der Waals surface area contributed by atoms with E-state index in [4.69, 9.17) is 14.2 Å². The van der Waals surface area contributed by atoms with E-state index in [1.807, 2.05) is 0 Å². The Balaban J connectivity index is 1.51. The number of aliphatic hydroxyl groups excluding tert-OH is 4. The van der Waals surface area contributed by atoms with Gasteiger partial charge in [0.1, 0.15) is 35.9 Å². The minimum absolute atomic E-state index is 0.207. The average molecular weight is 392 g/mol. The van der Waals surface area contributed by atoms with Crippen LogP contribution in [0, 0.1) is 0 Å². The lowest BCUT2D eigenvalue weighted by atomic mass is 9.99. The van der Waals surface area contributed by atoms with Gasteiger partial charge in [-0.05, 0) is 35.4 Å². The topological polar surface area (TPSA) is 129 Å². The summed E-state index contributed by atoms with van der Waals surface area (Å²) >= 11 is 0. The number of phenolic OH excluding ortho intramolecular Hbond substituents is 1. The molecule has 0 aromatic heterocycles. The first kappa shape index (κ1) is 20.5. The number of ether oxygens (including phenoxy) is 3. The number of benzene rings is 2. The summed E-state index contributed by atoms with van der Waals surface area (Å²) in [6.45, 7) is 0.271. The van der Waals surface area contributed by atoms with Crippen LogP contribution in [-0.4, -0.2) is 62.8 Å². The standard InChI is InChI=1S/C20H24O8/c21-9-16-17(23)18(24)19(25)20(28-16)27-15-7-3-13(4-8-15)11-26-10-12-1-5-14(22)6-2-12/h1-8,16-25H,9-11H2/t16-,17+,18+,19-,20-/m1/s1. The van der Waals surface area contributed by atoms with Crippen LogP contribution in [0.3, 0.4) is 0 Å². The monoisotopic (exact) mass is 392 g/mol. The molecule has 0 unspecified atom stereocenters. The van der Waals surface area contributed by atoms with Gasteiger partial charge in [-0.25, -0.2) is 0 Å². The Kier molecular flexibility index (Phi) is 6.84. The van der Waals surface area contributed by atoms with E-state index in [2.05, 4.69) is 0 Å². The molecule has 5 atom stereocenters. The summed E-state index contributed by atoms with van der Waals surface area (Å²) in [6, 6.07) is 13.7. The number of hydrogen-bond acceptors (Lipinski definition) is 8. The van der Waals surface area contributed by atoms with E-state index in [1.165, 1.54) is 0 Å². The number of aromatic hydroxyl groups is 1. The molecule has 0 radical (unpaired) electrons. The maximum absolute atomic E-state index is 10.0. The van der Waals surface area contributed by atoms with Crippen molar-refractivity contribution in [2.24, 2.45) is 0 Å². The number of rotatable bonds is 7. The van der Waals surface area contributed by atoms with E-state index in [1.54, 1.807) is 48.5 Å². The summed E-state index contributed by atoms with van der Waals surface area (Å²) < 4.78 is 16.5. The molecule has 2 aromatic rings. The van der Waals surface area contributed by atoms with Crippen molar-refractivity contribution >= 4 is 0 Å². The van der Waals surface area contributed by atoms with Crippen molar-refractivity contribution in [3.63, 3.8) is 0 Å². The van der Waals surface area contributed by atoms with Gasteiger partial charge in [-0.3, -0.25) is 0 Å². The van der Waals surface area contributed by atoms with E-state index in [9.17, 15) is 25.5 Å². The first-order valence-corrected chi connectivity index (χ1v) is 8.89. The third-order valence-electron chi connectivity index (χ3n) is 4.50. The summed E-state index contributed by atoms with van der Waals surface area (Å²) in [6.07, 6.45) is -6.59. The third kappa shape index (κ3) is 4.99. The maximum Gasteiger partial charge on any atom is 0.229 e. The van der Waals surface area contributed by atoms with Crippen molar-refractivity contribution in [3.05, 3.63) is 59.7 Å². The Hall–Kier alpha value is -2.20. The second-order valence-corrected chi connectivity index (χ2v) is 6.62. The molecule has 152 valence electrons. The molecule has 8 heteroatoms. The van der Waals surface area contributed by atoms with Crippen LogP contribution in [0.2, 0.25) is 0 Å². The van der Waals surface area contributed by atoms with Gasteiger partial charge < -0.3 is 39.7 Å². The van der Waals surface area contributed by atoms with E-state index < -0.39 is 37.3 Å². The lowest BCUT2D eigenvalue weighted by molar-refractivity contribution is -0.277. The van der Waals surface area contributed by atoms with Crippen molar-refractivity contribution in [2.45, 2.75) is 43.9 Å². The molecule has 2 aromatic carbocycles. The summed E-state index contributed by atoms with van der Waals surface area (Å²) in [5.41, 5.74) is 1.85. The molecular weight excluding hydrogens is 368 g/mol. The van der Waals surface area contributed by atoms with Gasteiger partial charge in [0.15, 0.2) is 0 Å². The predicted octanol–water partition coefficient (Wildman–Crippen LogP) is 0.288. The molecule has 8 nitrogen and oxygen atoms in total. The van der Waals surface area contributed by atoms with Crippen LogP contribution < -0.4 is 4.74 Å². The number of hydrogen-bond donors (Lipinski definition) is 5. The summed E-state index contributed by atoms with van der Waals surface area (Å²) in [5.74, 6) is 0.602. The van der Waals surface area contributed by atoms with E-state index in [0.717, 1.165) is 11.1 Å². The summed E-state index contributed by atoms with van der Waals surface area (Å²) in [4.78, 5) is 0. The zero-order valence-electron chi connectivity index (χ0n) is 15.1. The highest BCUT2D eigenvalue weighted by Gasteiger charge is 2.44. The SMILES string of the molecule is OC[C@H]1O[C@@H](Oc2ccc(COCc3ccc(O)cc3)cc2)[C@H](O)[C@@H](O)[C@H]1O. The second kappa shape index (κ2) is 9.33. The van der Waals surface area contributed by atoms with Crippen LogP contribution in [0.25, 0.3) is 0 Å². The van der Waals surface area contributed by atoms with Crippen LogP contribution in [0.1, 0.15) is 11.1 Å². The van der Waals surface area contributed by atoms with Gasteiger partial charge in [-0.2, -0.15) is 0 Å². The fourth-order valence-electron chi connectivity index (χ4n) is 2.84. The van der Waals surface area contributed by atoms with Crippen LogP contribution in [0.4, 0.5) is 0 Å². The zero-order chi connectivity index (χ0) is 20.1. The number of aliphatic hydroxyl groups is 4. The van der Waals surface area contributed by atoms with Crippen molar-refractivity contribution in [1.82, 2.24) is 0 Å². The Morgan fingerprint density at radius 3 is 1.93 bits per heavy atom. The molecule has 28 heavy (non-hydrogen) atoms. The first-order valence-electron chi connectivity index (χ1n) is 8.89. The molecule has 0 aliphatic carbocycles. The smallest absolute Gasteiger partial charge is 0.229 e. The van der Waals surface area contributed by atoms with Crippen LogP contribution >= 0.6 is 0 Å². The minimum atomic E-state index is -1.48.